The third-order valence-corrected chi connectivity index (χ3v) is 8.79. The molecule has 4 aliphatic rings. The lowest BCUT2D eigenvalue weighted by atomic mass is 9.96. The van der Waals surface area contributed by atoms with Gasteiger partial charge in [0.15, 0.2) is 11.8 Å². The summed E-state index contributed by atoms with van der Waals surface area (Å²) in [5.41, 5.74) is 2.54. The molecule has 1 amide bonds. The summed E-state index contributed by atoms with van der Waals surface area (Å²) in [5.74, 6) is 0.139. The number of carbonyl (C=O) groups is 2. The molecule has 0 aliphatic carbocycles. The molecule has 1 N–H and O–H groups in total. The lowest BCUT2D eigenvalue weighted by Gasteiger charge is -2.46. The smallest absolute Gasteiger partial charge is 0.435 e. The van der Waals surface area contributed by atoms with E-state index < -0.39 is 52.4 Å². The number of amides is 1. The molecule has 42 heavy (non-hydrogen) atoms. The monoisotopic (exact) mass is 606 g/mol. The van der Waals surface area contributed by atoms with Gasteiger partial charge in [-0.3, -0.25) is 4.98 Å². The third-order valence-electron chi connectivity index (χ3n) is 8.54. The van der Waals surface area contributed by atoms with Crippen molar-refractivity contribution in [1.29, 1.82) is 0 Å². The van der Waals surface area contributed by atoms with Crippen molar-refractivity contribution in [3.63, 3.8) is 0 Å². The Hall–Kier alpha value is -3.56. The van der Waals surface area contributed by atoms with Crippen LogP contribution in [-0.4, -0.2) is 82.2 Å². The highest BCUT2D eigenvalue weighted by atomic mass is 35.5. The molecule has 15 heteroatoms. The highest BCUT2D eigenvalue weighted by Gasteiger charge is 2.63. The van der Waals surface area contributed by atoms with Crippen molar-refractivity contribution in [3.8, 4) is 5.75 Å². The third kappa shape index (κ3) is 5.02. The SMILES string of the molecule is Cc1ncc2c(c1OC(=O)O[C@@H]1CC(O[N+](=O)[O-])CC[N+]1(C(=O)O)C1CO[C@H]3CCOC13)COC2c1ccc(Cl)cc1. The maximum Gasteiger partial charge on any atom is 0.518 e. The number of quaternary nitrogens is 1. The Bertz CT molecular complexity index is 1390. The van der Waals surface area contributed by atoms with Gasteiger partial charge in [-0.1, -0.05) is 23.7 Å². The molecule has 1 aromatic heterocycles. The molecule has 6 rings (SSSR count). The Morgan fingerprint density at radius 3 is 2.71 bits per heavy atom. The van der Waals surface area contributed by atoms with Crippen LogP contribution in [0.5, 0.6) is 5.75 Å². The van der Waals surface area contributed by atoms with E-state index in [0.29, 0.717) is 34.9 Å². The number of nitrogens with zero attached hydrogens (tertiary/aromatic N) is 3. The fourth-order valence-corrected chi connectivity index (χ4v) is 6.65. The van der Waals surface area contributed by atoms with Gasteiger partial charge in [-0.25, -0.2) is 4.79 Å². The summed E-state index contributed by atoms with van der Waals surface area (Å²) in [6.45, 7) is 2.16. The number of halogens is 1. The first-order valence-corrected chi connectivity index (χ1v) is 13.9. The van der Waals surface area contributed by atoms with E-state index in [9.17, 15) is 24.8 Å². The molecule has 5 heterocycles. The molecule has 7 atom stereocenters. The van der Waals surface area contributed by atoms with Gasteiger partial charge in [-0.15, -0.1) is 10.1 Å². The molecule has 0 spiro atoms. The second-order valence-corrected chi connectivity index (χ2v) is 11.2. The van der Waals surface area contributed by atoms with E-state index in [0.717, 1.165) is 5.56 Å². The second kappa shape index (κ2) is 11.3. The van der Waals surface area contributed by atoms with Gasteiger partial charge >= 0.3 is 12.2 Å². The molecule has 2 aromatic rings. The van der Waals surface area contributed by atoms with E-state index >= 15 is 0 Å². The predicted molar refractivity (Wildman–Crippen MR) is 140 cm³/mol. The molecule has 0 radical (unpaired) electrons. The number of hydrogen-bond donors (Lipinski definition) is 1. The number of likely N-dealkylation sites (tertiary alicyclic amines) is 1. The average molecular weight is 607 g/mol. The quantitative estimate of drug-likeness (QED) is 0.218. The number of ether oxygens (including phenoxy) is 5. The maximum atomic E-state index is 13.3. The summed E-state index contributed by atoms with van der Waals surface area (Å²) < 4.78 is 28.3. The van der Waals surface area contributed by atoms with Gasteiger partial charge in [0, 0.05) is 35.4 Å². The largest absolute Gasteiger partial charge is 0.518 e. The van der Waals surface area contributed by atoms with Crippen LogP contribution in [0.4, 0.5) is 9.59 Å². The van der Waals surface area contributed by atoms with Gasteiger partial charge in [0.1, 0.15) is 24.9 Å². The van der Waals surface area contributed by atoms with Gasteiger partial charge < -0.3 is 33.6 Å². The number of fused-ring (bicyclic) bond motifs is 2. The van der Waals surface area contributed by atoms with Crippen molar-refractivity contribution in [1.82, 2.24) is 4.98 Å². The first-order valence-electron chi connectivity index (χ1n) is 13.6. The Balaban J connectivity index is 1.27. The van der Waals surface area contributed by atoms with Gasteiger partial charge in [0.05, 0.1) is 31.4 Å². The van der Waals surface area contributed by atoms with Crippen LogP contribution in [0.2, 0.25) is 5.02 Å². The summed E-state index contributed by atoms with van der Waals surface area (Å²) in [4.78, 5) is 46.5. The molecule has 0 bridgehead atoms. The molecule has 0 saturated carbocycles. The minimum atomic E-state index is -1.38. The number of rotatable bonds is 6. The van der Waals surface area contributed by atoms with Gasteiger partial charge in [0.25, 0.3) is 11.3 Å². The maximum absolute atomic E-state index is 13.3. The van der Waals surface area contributed by atoms with Gasteiger partial charge in [-0.05, 0) is 31.0 Å². The highest BCUT2D eigenvalue weighted by Crippen LogP contribution is 2.43. The number of hydrogen-bond acceptors (Lipinski definition) is 11. The first kappa shape index (κ1) is 28.6. The van der Waals surface area contributed by atoms with Crippen LogP contribution >= 0.6 is 11.6 Å². The van der Waals surface area contributed by atoms with Crippen molar-refractivity contribution in [2.45, 2.75) is 69.5 Å². The second-order valence-electron chi connectivity index (χ2n) is 10.7. The van der Waals surface area contributed by atoms with Crippen LogP contribution < -0.4 is 4.74 Å². The Kier molecular flexibility index (Phi) is 7.66. The van der Waals surface area contributed by atoms with Crippen LogP contribution in [0.1, 0.15) is 47.8 Å². The summed E-state index contributed by atoms with van der Waals surface area (Å²) in [5, 5.41) is 21.3. The van der Waals surface area contributed by atoms with E-state index in [2.05, 4.69) is 4.98 Å². The number of aryl methyl sites for hydroxylation is 1. The Morgan fingerprint density at radius 1 is 1.19 bits per heavy atom. The molecule has 3 saturated heterocycles. The van der Waals surface area contributed by atoms with Crippen molar-refractivity contribution in [2.24, 2.45) is 0 Å². The molecule has 3 fully saturated rings. The van der Waals surface area contributed by atoms with Crippen molar-refractivity contribution in [2.75, 3.05) is 19.8 Å². The Labute approximate surface area is 244 Å². The van der Waals surface area contributed by atoms with Gasteiger partial charge in [-0.2, -0.15) is 9.28 Å². The minimum absolute atomic E-state index is 0.0503. The summed E-state index contributed by atoms with van der Waals surface area (Å²) in [6, 6.07) is 6.45. The van der Waals surface area contributed by atoms with Crippen LogP contribution in [0.25, 0.3) is 0 Å². The molecular weight excluding hydrogens is 578 g/mol. The normalized spacial score (nSPS) is 31.7. The summed E-state index contributed by atoms with van der Waals surface area (Å²) in [6.07, 6.45) is -4.00. The fourth-order valence-electron chi connectivity index (χ4n) is 6.52. The number of carbonyl (C=O) groups excluding carboxylic acids is 1. The average Bonchev–Trinajstić information content (AvgIpc) is 3.67. The standard InChI is InChI=1S/C27H28ClN3O11/c1-14-23(19-12-39-24(18(19)11-29-14)15-2-4-16(28)5-3-15)41-27(34)40-22-10-17(42-30(35)36)6-8-31(22,26(32)33)20-13-38-21-7-9-37-25(20)21/h2-5,11,17,20-22,24-25H,6-10,12-13H2,1H3/p+1/t17?,20?,21-,22+,24?,25?,31?/m0/s1. The van der Waals surface area contributed by atoms with E-state index in [-0.39, 0.29) is 44.5 Å². The lowest BCUT2D eigenvalue weighted by molar-refractivity contribution is -0.936. The van der Waals surface area contributed by atoms with Crippen molar-refractivity contribution < 1.29 is 52.8 Å². The number of pyridine rings is 1. The molecular formula is C27H29ClN3O11+. The summed E-state index contributed by atoms with van der Waals surface area (Å²) >= 11 is 6.03. The molecule has 4 aliphatic heterocycles. The number of benzene rings is 1. The summed E-state index contributed by atoms with van der Waals surface area (Å²) in [7, 11) is 0. The van der Waals surface area contributed by atoms with E-state index in [1.54, 1.807) is 25.3 Å². The Morgan fingerprint density at radius 2 is 1.98 bits per heavy atom. The zero-order chi connectivity index (χ0) is 29.6. The highest BCUT2D eigenvalue weighted by molar-refractivity contribution is 6.30. The topological polar surface area (TPSA) is 166 Å². The number of piperidine rings is 1. The molecule has 14 nitrogen and oxygen atoms in total. The number of carboxylic acid groups (broad SMARTS) is 1. The lowest BCUT2D eigenvalue weighted by Crippen LogP contribution is -2.71. The minimum Gasteiger partial charge on any atom is -0.435 e. The van der Waals surface area contributed by atoms with Crippen LogP contribution in [-0.2, 0) is 30.4 Å². The van der Waals surface area contributed by atoms with Crippen LogP contribution in [0.15, 0.2) is 30.5 Å². The molecule has 224 valence electrons. The van der Waals surface area contributed by atoms with Gasteiger partial charge in [0.2, 0.25) is 0 Å². The molecule has 5 unspecified atom stereocenters. The fraction of sp³-hybridized carbons (Fsp3) is 0.519. The number of aromatic nitrogens is 1. The molecule has 1 aromatic carbocycles. The predicted octanol–water partition coefficient (Wildman–Crippen LogP) is 3.93. The van der Waals surface area contributed by atoms with E-state index in [4.69, 9.17) is 40.1 Å². The van der Waals surface area contributed by atoms with Crippen LogP contribution in [0.3, 0.4) is 0 Å². The zero-order valence-electron chi connectivity index (χ0n) is 22.5. The van der Waals surface area contributed by atoms with Crippen LogP contribution in [0, 0.1) is 17.0 Å². The first-order chi connectivity index (χ1) is 20.2. The van der Waals surface area contributed by atoms with Crippen molar-refractivity contribution >= 4 is 23.8 Å². The van der Waals surface area contributed by atoms with Crippen molar-refractivity contribution in [3.05, 3.63) is 68.0 Å². The van der Waals surface area contributed by atoms with E-state index in [1.165, 1.54) is 0 Å². The van der Waals surface area contributed by atoms with E-state index in [1.807, 2.05) is 12.1 Å². The zero-order valence-corrected chi connectivity index (χ0v) is 23.3.